The third-order valence-electron chi connectivity index (χ3n) is 2.38. The summed E-state index contributed by atoms with van der Waals surface area (Å²) in [5, 5.41) is 22.3. The number of hydrogen-bond donors (Lipinski definition) is 2. The number of aliphatic hydroxyl groups is 1. The molecule has 0 aromatic heterocycles. The van der Waals surface area contributed by atoms with Crippen LogP contribution in [0.3, 0.4) is 0 Å². The van der Waals surface area contributed by atoms with Gasteiger partial charge in [0.05, 0.1) is 24.7 Å². The van der Waals surface area contributed by atoms with Crippen molar-refractivity contribution in [1.82, 2.24) is 0 Å². The molecule has 0 bridgehead atoms. The van der Waals surface area contributed by atoms with Gasteiger partial charge in [-0.05, 0) is 12.1 Å². The molecular weight excluding hydrogens is 288 g/mol. The molecule has 0 aliphatic carbocycles. The fourth-order valence-corrected chi connectivity index (χ4v) is 2.44. The van der Waals surface area contributed by atoms with Crippen LogP contribution in [0.2, 0.25) is 0 Å². The molecule has 0 aliphatic heterocycles. The number of nitro groups is 1. The van der Waals surface area contributed by atoms with Crippen LogP contribution in [0.4, 0.5) is 11.4 Å². The minimum Gasteiger partial charge on any atom is -0.394 e. The largest absolute Gasteiger partial charge is 0.394 e. The Morgan fingerprint density at radius 3 is 2.65 bits per heavy atom. The maximum atomic E-state index is 11.5. The number of rotatable bonds is 8. The standard InChI is InChI=1S/C11H16N2O6S/c1-20(17,18)10-4-2-3-9(11(10)13(15)16)12-5-7-19-8-6-14/h2-4,12,14H,5-8H2,1H3. The number of sulfone groups is 1. The van der Waals surface area contributed by atoms with E-state index in [0.29, 0.717) is 0 Å². The molecule has 8 nitrogen and oxygen atoms in total. The average molecular weight is 304 g/mol. The molecule has 0 heterocycles. The highest BCUT2D eigenvalue weighted by Gasteiger charge is 2.25. The summed E-state index contributed by atoms with van der Waals surface area (Å²) in [6, 6.07) is 4.06. The zero-order valence-corrected chi connectivity index (χ0v) is 11.7. The fraction of sp³-hybridized carbons (Fsp3) is 0.455. The first-order valence-electron chi connectivity index (χ1n) is 5.78. The molecule has 0 unspecified atom stereocenters. The van der Waals surface area contributed by atoms with Crippen molar-refractivity contribution in [2.75, 3.05) is 37.9 Å². The Labute approximate surface area is 116 Å². The zero-order valence-electron chi connectivity index (χ0n) is 10.9. The molecule has 0 saturated carbocycles. The molecule has 0 saturated heterocycles. The Kier molecular flexibility index (Phi) is 5.86. The average Bonchev–Trinajstić information content (AvgIpc) is 2.37. The Hall–Kier alpha value is -1.71. The summed E-state index contributed by atoms with van der Waals surface area (Å²) in [6.45, 7) is 0.561. The summed E-state index contributed by atoms with van der Waals surface area (Å²) in [7, 11) is -3.69. The van der Waals surface area contributed by atoms with Crippen LogP contribution in [0.5, 0.6) is 0 Å². The SMILES string of the molecule is CS(=O)(=O)c1cccc(NCCOCCO)c1[N+](=O)[O-]. The highest BCUT2D eigenvalue weighted by molar-refractivity contribution is 7.90. The van der Waals surface area contributed by atoms with E-state index in [1.54, 1.807) is 0 Å². The van der Waals surface area contributed by atoms with Crippen molar-refractivity contribution < 1.29 is 23.2 Å². The van der Waals surface area contributed by atoms with Gasteiger partial charge >= 0.3 is 5.69 Å². The number of aliphatic hydroxyl groups excluding tert-OH is 1. The second-order valence-electron chi connectivity index (χ2n) is 3.94. The Morgan fingerprint density at radius 2 is 2.10 bits per heavy atom. The predicted molar refractivity (Wildman–Crippen MR) is 72.6 cm³/mol. The smallest absolute Gasteiger partial charge is 0.310 e. The van der Waals surface area contributed by atoms with Crippen molar-refractivity contribution in [3.8, 4) is 0 Å². The predicted octanol–water partition coefficient (Wildman–Crippen LogP) is 0.419. The van der Waals surface area contributed by atoms with E-state index in [2.05, 4.69) is 5.32 Å². The minimum atomic E-state index is -3.69. The third kappa shape index (κ3) is 4.44. The minimum absolute atomic E-state index is 0.107. The van der Waals surface area contributed by atoms with Crippen molar-refractivity contribution >= 4 is 21.2 Å². The summed E-state index contributed by atoms with van der Waals surface area (Å²) in [5.74, 6) is 0. The number of nitrogens with one attached hydrogen (secondary N) is 1. The van der Waals surface area contributed by atoms with E-state index in [0.717, 1.165) is 6.26 Å². The van der Waals surface area contributed by atoms with Gasteiger partial charge in [0.1, 0.15) is 10.6 Å². The van der Waals surface area contributed by atoms with Crippen molar-refractivity contribution in [2.45, 2.75) is 4.90 Å². The highest BCUT2D eigenvalue weighted by Crippen LogP contribution is 2.31. The summed E-state index contributed by atoms with van der Waals surface area (Å²) < 4.78 is 28.1. The zero-order chi connectivity index (χ0) is 15.2. The van der Waals surface area contributed by atoms with Crippen molar-refractivity contribution in [3.63, 3.8) is 0 Å². The van der Waals surface area contributed by atoms with Crippen molar-refractivity contribution in [1.29, 1.82) is 0 Å². The van der Waals surface area contributed by atoms with Crippen molar-refractivity contribution in [3.05, 3.63) is 28.3 Å². The number of nitrogens with zero attached hydrogens (tertiary/aromatic N) is 1. The van der Waals surface area contributed by atoms with Gasteiger partial charge in [-0.1, -0.05) is 6.07 Å². The number of nitro benzene ring substituents is 1. The van der Waals surface area contributed by atoms with Gasteiger partial charge in [-0.2, -0.15) is 0 Å². The second-order valence-corrected chi connectivity index (χ2v) is 5.93. The Bertz CT molecular complexity index is 572. The normalized spacial score (nSPS) is 11.3. The van der Waals surface area contributed by atoms with E-state index < -0.39 is 20.4 Å². The summed E-state index contributed by atoms with van der Waals surface area (Å²) >= 11 is 0. The molecule has 1 rings (SSSR count). The van der Waals surface area contributed by atoms with E-state index in [9.17, 15) is 18.5 Å². The quantitative estimate of drug-likeness (QED) is 0.406. The van der Waals surface area contributed by atoms with Gasteiger partial charge in [0.15, 0.2) is 9.84 Å². The van der Waals surface area contributed by atoms with Gasteiger partial charge in [-0.15, -0.1) is 0 Å². The molecule has 1 aromatic carbocycles. The maximum Gasteiger partial charge on any atom is 0.310 e. The molecule has 2 N–H and O–H groups in total. The van der Waals surface area contributed by atoms with Gasteiger partial charge in [0.25, 0.3) is 0 Å². The van der Waals surface area contributed by atoms with Crippen LogP contribution in [-0.2, 0) is 14.6 Å². The molecule has 0 spiro atoms. The molecule has 9 heteroatoms. The number of ether oxygens (including phenoxy) is 1. The lowest BCUT2D eigenvalue weighted by atomic mass is 10.2. The molecule has 20 heavy (non-hydrogen) atoms. The second kappa shape index (κ2) is 7.17. The first kappa shape index (κ1) is 16.3. The van der Waals surface area contributed by atoms with Gasteiger partial charge in [-0.3, -0.25) is 10.1 Å². The van der Waals surface area contributed by atoms with Crippen LogP contribution >= 0.6 is 0 Å². The topological polar surface area (TPSA) is 119 Å². The molecule has 0 atom stereocenters. The highest BCUT2D eigenvalue weighted by atomic mass is 32.2. The molecule has 0 radical (unpaired) electrons. The summed E-state index contributed by atoms with van der Waals surface area (Å²) in [4.78, 5) is 10.0. The van der Waals surface area contributed by atoms with Gasteiger partial charge < -0.3 is 15.2 Å². The molecule has 0 aliphatic rings. The summed E-state index contributed by atoms with van der Waals surface area (Å²) in [5.41, 5.74) is -0.359. The lowest BCUT2D eigenvalue weighted by Gasteiger charge is -2.09. The van der Waals surface area contributed by atoms with Crippen molar-refractivity contribution in [2.24, 2.45) is 0 Å². The monoisotopic (exact) mass is 304 g/mol. The number of para-hydroxylation sites is 1. The van der Waals surface area contributed by atoms with E-state index >= 15 is 0 Å². The van der Waals surface area contributed by atoms with Gasteiger partial charge in [0, 0.05) is 12.8 Å². The first-order chi connectivity index (χ1) is 9.38. The van der Waals surface area contributed by atoms with Gasteiger partial charge in [0.2, 0.25) is 0 Å². The maximum absolute atomic E-state index is 11.5. The Balaban J connectivity index is 2.94. The number of anilines is 1. The van der Waals surface area contributed by atoms with Crippen LogP contribution < -0.4 is 5.32 Å². The molecule has 112 valence electrons. The fourth-order valence-electron chi connectivity index (χ4n) is 1.58. The lowest BCUT2D eigenvalue weighted by Crippen LogP contribution is -2.13. The van der Waals surface area contributed by atoms with Crippen LogP contribution in [-0.4, -0.2) is 51.1 Å². The first-order valence-corrected chi connectivity index (χ1v) is 7.67. The Morgan fingerprint density at radius 1 is 1.40 bits per heavy atom. The number of hydrogen-bond acceptors (Lipinski definition) is 7. The summed E-state index contributed by atoms with van der Waals surface area (Å²) in [6.07, 6.45) is 0.920. The number of benzene rings is 1. The molecule has 0 amide bonds. The van der Waals surface area contributed by atoms with E-state index in [1.165, 1.54) is 18.2 Å². The van der Waals surface area contributed by atoms with E-state index in [4.69, 9.17) is 9.84 Å². The van der Waals surface area contributed by atoms with E-state index in [1.807, 2.05) is 0 Å². The molecule has 1 aromatic rings. The van der Waals surface area contributed by atoms with Crippen LogP contribution in [0.15, 0.2) is 23.1 Å². The van der Waals surface area contributed by atoms with Gasteiger partial charge in [-0.25, -0.2) is 8.42 Å². The third-order valence-corrected chi connectivity index (χ3v) is 3.51. The van der Waals surface area contributed by atoms with Crippen LogP contribution in [0, 0.1) is 10.1 Å². The van der Waals surface area contributed by atoms with E-state index in [-0.39, 0.29) is 36.9 Å². The van der Waals surface area contributed by atoms with Crippen LogP contribution in [0.25, 0.3) is 0 Å². The molecular formula is C11H16N2O6S. The van der Waals surface area contributed by atoms with Crippen LogP contribution in [0.1, 0.15) is 0 Å². The lowest BCUT2D eigenvalue weighted by molar-refractivity contribution is -0.386. The molecule has 0 fully saturated rings.